The van der Waals surface area contributed by atoms with Crippen LogP contribution in [0.2, 0.25) is 0 Å². The summed E-state index contributed by atoms with van der Waals surface area (Å²) >= 11 is 0. The monoisotopic (exact) mass is 327 g/mol. The highest BCUT2D eigenvalue weighted by molar-refractivity contribution is 7.92. The summed E-state index contributed by atoms with van der Waals surface area (Å²) in [6, 6.07) is 9.73. The third kappa shape index (κ3) is 3.53. The summed E-state index contributed by atoms with van der Waals surface area (Å²) in [4.78, 5) is 2.97. The summed E-state index contributed by atoms with van der Waals surface area (Å²) in [7, 11) is -4.14. The Labute approximate surface area is 124 Å². The molecule has 1 heterocycles. The van der Waals surface area contributed by atoms with Gasteiger partial charge in [-0.25, -0.2) is 13.4 Å². The molecule has 0 fully saturated rings. The number of hydrogen-bond donors (Lipinski definition) is 1. The Morgan fingerprint density at radius 2 is 1.82 bits per heavy atom. The number of nitriles is 1. The lowest BCUT2D eigenvalue weighted by atomic mass is 10.2. The smallest absolute Gasteiger partial charge is 0.263 e. The van der Waals surface area contributed by atoms with E-state index in [0.717, 1.165) is 24.3 Å². The summed E-state index contributed by atoms with van der Waals surface area (Å²) in [5.74, 6) is -0.461. The second-order valence-electron chi connectivity index (χ2n) is 4.15. The lowest BCUT2D eigenvalue weighted by Gasteiger charge is -2.10. The van der Waals surface area contributed by atoms with Crippen LogP contribution in [0.5, 0.6) is 0 Å². The molecule has 2 aromatic rings. The van der Waals surface area contributed by atoms with Gasteiger partial charge in [0.15, 0.2) is 0 Å². The summed E-state index contributed by atoms with van der Waals surface area (Å²) < 4.78 is 63.8. The van der Waals surface area contributed by atoms with Crippen LogP contribution in [0.15, 0.2) is 47.4 Å². The van der Waals surface area contributed by atoms with E-state index in [1.807, 2.05) is 4.72 Å². The molecule has 9 heteroatoms. The van der Waals surface area contributed by atoms with Crippen molar-refractivity contribution in [1.29, 1.82) is 5.26 Å². The second-order valence-corrected chi connectivity index (χ2v) is 5.83. The lowest BCUT2D eigenvalue weighted by Crippen LogP contribution is -2.16. The van der Waals surface area contributed by atoms with E-state index in [9.17, 15) is 21.6 Å². The van der Waals surface area contributed by atoms with Gasteiger partial charge < -0.3 is 0 Å². The first-order chi connectivity index (χ1) is 10.2. The molecule has 22 heavy (non-hydrogen) atoms. The molecule has 0 amide bonds. The molecule has 0 aliphatic heterocycles. The van der Waals surface area contributed by atoms with Gasteiger partial charge in [-0.1, -0.05) is 12.1 Å². The minimum absolute atomic E-state index is 0.111. The fourth-order valence-corrected chi connectivity index (χ4v) is 2.63. The van der Waals surface area contributed by atoms with Gasteiger partial charge in [0.1, 0.15) is 11.5 Å². The molecule has 0 saturated carbocycles. The summed E-state index contributed by atoms with van der Waals surface area (Å²) in [6.45, 7) is 0. The summed E-state index contributed by atoms with van der Waals surface area (Å²) in [5, 5.41) is 8.74. The predicted molar refractivity (Wildman–Crippen MR) is 71.2 cm³/mol. The number of nitrogens with one attached hydrogen (secondary N) is 1. The average Bonchev–Trinajstić information content (AvgIpc) is 2.46. The van der Waals surface area contributed by atoms with E-state index in [-0.39, 0.29) is 10.5 Å². The normalized spacial score (nSPS) is 11.7. The van der Waals surface area contributed by atoms with Crippen LogP contribution in [-0.4, -0.2) is 13.4 Å². The van der Waals surface area contributed by atoms with Gasteiger partial charge in [-0.05, 0) is 30.3 Å². The SMILES string of the molecule is N#Cc1cccc(S(=O)(=O)Nc2cccc(C(F)(F)F)n2)c1. The number of sulfonamides is 1. The fraction of sp³-hybridized carbons (Fsp3) is 0.0769. The summed E-state index contributed by atoms with van der Waals surface area (Å²) in [6.07, 6.45) is -4.68. The Hall–Kier alpha value is -2.60. The van der Waals surface area contributed by atoms with Crippen molar-refractivity contribution in [3.63, 3.8) is 0 Å². The van der Waals surface area contributed by atoms with Gasteiger partial charge in [0.25, 0.3) is 10.0 Å². The van der Waals surface area contributed by atoms with Crippen molar-refractivity contribution in [1.82, 2.24) is 4.98 Å². The Bertz CT molecular complexity index is 842. The third-order valence-corrected chi connectivity index (χ3v) is 3.90. The molecule has 0 radical (unpaired) electrons. The molecule has 1 aromatic heterocycles. The van der Waals surface area contributed by atoms with E-state index in [0.29, 0.717) is 0 Å². The van der Waals surface area contributed by atoms with E-state index >= 15 is 0 Å². The van der Waals surface area contributed by atoms with Crippen LogP contribution >= 0.6 is 0 Å². The minimum atomic E-state index is -4.68. The quantitative estimate of drug-likeness (QED) is 0.939. The minimum Gasteiger partial charge on any atom is -0.263 e. The Balaban J connectivity index is 2.35. The van der Waals surface area contributed by atoms with E-state index in [1.165, 1.54) is 18.2 Å². The lowest BCUT2D eigenvalue weighted by molar-refractivity contribution is -0.141. The number of aromatic nitrogens is 1. The van der Waals surface area contributed by atoms with Crippen molar-refractivity contribution < 1.29 is 21.6 Å². The maximum Gasteiger partial charge on any atom is 0.433 e. The zero-order valence-corrected chi connectivity index (χ0v) is 11.6. The van der Waals surface area contributed by atoms with E-state index in [2.05, 4.69) is 4.98 Å². The van der Waals surface area contributed by atoms with Gasteiger partial charge in [0.05, 0.1) is 16.5 Å². The molecule has 2 rings (SSSR count). The Morgan fingerprint density at radius 3 is 2.45 bits per heavy atom. The van der Waals surface area contributed by atoms with Crippen molar-refractivity contribution in [2.24, 2.45) is 0 Å². The van der Waals surface area contributed by atoms with Gasteiger partial charge in [-0.3, -0.25) is 4.72 Å². The third-order valence-electron chi connectivity index (χ3n) is 2.55. The molecular formula is C13H8F3N3O2S. The van der Waals surface area contributed by atoms with Crippen LogP contribution in [0.25, 0.3) is 0 Å². The second kappa shape index (κ2) is 5.65. The van der Waals surface area contributed by atoms with Crippen LogP contribution < -0.4 is 4.72 Å². The largest absolute Gasteiger partial charge is 0.433 e. The van der Waals surface area contributed by atoms with Gasteiger partial charge >= 0.3 is 6.18 Å². The molecule has 0 spiro atoms. The molecule has 0 saturated heterocycles. The molecule has 0 aliphatic carbocycles. The molecule has 114 valence electrons. The number of halogens is 3. The number of rotatable bonds is 3. The number of nitrogens with zero attached hydrogens (tertiary/aromatic N) is 2. The first-order valence-corrected chi connectivity index (χ1v) is 7.28. The predicted octanol–water partition coefficient (Wildman–Crippen LogP) is 2.77. The van der Waals surface area contributed by atoms with Crippen LogP contribution in [-0.2, 0) is 16.2 Å². The average molecular weight is 327 g/mol. The molecular weight excluding hydrogens is 319 g/mol. The van der Waals surface area contributed by atoms with Crippen molar-refractivity contribution in [3.8, 4) is 6.07 Å². The van der Waals surface area contributed by atoms with Gasteiger partial charge in [0.2, 0.25) is 0 Å². The topological polar surface area (TPSA) is 82.8 Å². The Kier molecular flexibility index (Phi) is 4.05. The molecule has 5 nitrogen and oxygen atoms in total. The number of pyridine rings is 1. The van der Waals surface area contributed by atoms with Crippen molar-refractivity contribution in [3.05, 3.63) is 53.7 Å². The molecule has 0 aliphatic rings. The molecule has 0 atom stereocenters. The highest BCUT2D eigenvalue weighted by atomic mass is 32.2. The molecule has 1 aromatic carbocycles. The van der Waals surface area contributed by atoms with E-state index in [1.54, 1.807) is 6.07 Å². The van der Waals surface area contributed by atoms with Crippen LogP contribution in [0, 0.1) is 11.3 Å². The van der Waals surface area contributed by atoms with Crippen LogP contribution in [0.4, 0.5) is 19.0 Å². The molecule has 1 N–H and O–H groups in total. The highest BCUT2D eigenvalue weighted by Crippen LogP contribution is 2.28. The number of hydrogen-bond acceptors (Lipinski definition) is 4. The molecule has 0 bridgehead atoms. The van der Waals surface area contributed by atoms with Gasteiger partial charge in [-0.15, -0.1) is 0 Å². The summed E-state index contributed by atoms with van der Waals surface area (Å²) in [5.41, 5.74) is -1.10. The first-order valence-electron chi connectivity index (χ1n) is 5.79. The van der Waals surface area contributed by atoms with Crippen molar-refractivity contribution >= 4 is 15.8 Å². The Morgan fingerprint density at radius 1 is 1.14 bits per heavy atom. The van der Waals surface area contributed by atoms with E-state index < -0.39 is 27.7 Å². The number of benzene rings is 1. The molecule has 0 unspecified atom stereocenters. The van der Waals surface area contributed by atoms with Crippen molar-refractivity contribution in [2.75, 3.05) is 4.72 Å². The standard InChI is InChI=1S/C13H8F3N3O2S/c14-13(15,16)11-5-2-6-12(18-11)19-22(20,21)10-4-1-3-9(7-10)8-17/h1-7H,(H,18,19). The van der Waals surface area contributed by atoms with Crippen molar-refractivity contribution in [2.45, 2.75) is 11.1 Å². The number of anilines is 1. The first kappa shape index (κ1) is 15.8. The van der Waals surface area contributed by atoms with Gasteiger partial charge in [0, 0.05) is 0 Å². The highest BCUT2D eigenvalue weighted by Gasteiger charge is 2.32. The van der Waals surface area contributed by atoms with Crippen LogP contribution in [0.1, 0.15) is 11.3 Å². The van der Waals surface area contributed by atoms with Crippen LogP contribution in [0.3, 0.4) is 0 Å². The zero-order chi connectivity index (χ0) is 16.4. The maximum atomic E-state index is 12.5. The zero-order valence-electron chi connectivity index (χ0n) is 10.8. The maximum absolute atomic E-state index is 12.5. The fourth-order valence-electron chi connectivity index (χ4n) is 1.58. The van der Waals surface area contributed by atoms with E-state index in [4.69, 9.17) is 5.26 Å². The van der Waals surface area contributed by atoms with Gasteiger partial charge in [-0.2, -0.15) is 18.4 Å². The number of alkyl halides is 3.